The number of aliphatic hydroxyl groups is 1. The Hall–Kier alpha value is -2.48. The Balaban J connectivity index is 1.51. The second-order valence-corrected chi connectivity index (χ2v) is 6.66. The van der Waals surface area contributed by atoms with Gasteiger partial charge in [0, 0.05) is 45.1 Å². The van der Waals surface area contributed by atoms with Crippen LogP contribution < -0.4 is 4.90 Å². The summed E-state index contributed by atoms with van der Waals surface area (Å²) in [6, 6.07) is 3.68. The molecule has 25 heavy (non-hydrogen) atoms. The van der Waals surface area contributed by atoms with E-state index in [1.54, 1.807) is 35.1 Å². The van der Waals surface area contributed by atoms with Crippen LogP contribution >= 0.6 is 0 Å². The number of rotatable bonds is 6. The van der Waals surface area contributed by atoms with Gasteiger partial charge in [-0.3, -0.25) is 9.48 Å². The fourth-order valence-corrected chi connectivity index (χ4v) is 3.13. The third-order valence-electron chi connectivity index (χ3n) is 4.45. The van der Waals surface area contributed by atoms with Gasteiger partial charge in [-0.25, -0.2) is 9.97 Å². The van der Waals surface area contributed by atoms with Gasteiger partial charge in [0.05, 0.1) is 18.8 Å². The Morgan fingerprint density at radius 1 is 1.40 bits per heavy atom. The molecule has 1 atom stereocenters. The van der Waals surface area contributed by atoms with E-state index >= 15 is 0 Å². The number of aryl methyl sites for hydroxylation is 2. The first-order valence-electron chi connectivity index (χ1n) is 8.44. The quantitative estimate of drug-likeness (QED) is 0.820. The van der Waals surface area contributed by atoms with Crippen molar-refractivity contribution in [1.29, 1.82) is 0 Å². The third-order valence-corrected chi connectivity index (χ3v) is 4.45. The second kappa shape index (κ2) is 7.18. The summed E-state index contributed by atoms with van der Waals surface area (Å²) in [7, 11) is 1.73. The van der Waals surface area contributed by atoms with Crippen molar-refractivity contribution in [3.63, 3.8) is 0 Å². The van der Waals surface area contributed by atoms with Crippen molar-refractivity contribution >= 4 is 11.9 Å². The molecule has 1 saturated heterocycles. The molecule has 1 N–H and O–H groups in total. The summed E-state index contributed by atoms with van der Waals surface area (Å²) >= 11 is 0. The summed E-state index contributed by atoms with van der Waals surface area (Å²) in [5.74, 6) is 0.609. The molecule has 8 nitrogen and oxygen atoms in total. The van der Waals surface area contributed by atoms with Gasteiger partial charge in [0.1, 0.15) is 5.60 Å². The Bertz CT molecular complexity index is 719. The molecule has 2 aromatic heterocycles. The number of hydrogen-bond acceptors (Lipinski definition) is 6. The van der Waals surface area contributed by atoms with E-state index < -0.39 is 5.60 Å². The monoisotopic (exact) mass is 344 g/mol. The number of carbonyl (C=O) groups excluding carboxylic acids is 1. The van der Waals surface area contributed by atoms with Gasteiger partial charge in [-0.05, 0) is 25.5 Å². The molecule has 2 aromatic rings. The first-order valence-corrected chi connectivity index (χ1v) is 8.44. The molecule has 0 radical (unpaired) electrons. The SMILES string of the molecule is Cc1ccn(CCC(=O)N(C)C[C@]2(O)CCN(c3ncccn3)C2)n1. The van der Waals surface area contributed by atoms with Crippen molar-refractivity contribution in [1.82, 2.24) is 24.6 Å². The summed E-state index contributed by atoms with van der Waals surface area (Å²) < 4.78 is 1.76. The van der Waals surface area contributed by atoms with Crippen molar-refractivity contribution in [2.24, 2.45) is 0 Å². The standard InChI is InChI=1S/C17H24N6O2/c1-14-4-9-23(20-14)10-5-15(24)21(2)12-17(25)6-11-22(13-17)16-18-7-3-8-19-16/h3-4,7-9,25H,5-6,10-13H2,1-2H3/t17-/m1/s1. The lowest BCUT2D eigenvalue weighted by atomic mass is 10.0. The Morgan fingerprint density at radius 3 is 2.84 bits per heavy atom. The molecule has 1 aliphatic heterocycles. The van der Waals surface area contributed by atoms with Crippen LogP contribution in [0, 0.1) is 6.92 Å². The fourth-order valence-electron chi connectivity index (χ4n) is 3.13. The minimum absolute atomic E-state index is 0.00371. The van der Waals surface area contributed by atoms with Gasteiger partial charge in [0.25, 0.3) is 0 Å². The lowest BCUT2D eigenvalue weighted by molar-refractivity contribution is -0.133. The lowest BCUT2D eigenvalue weighted by Gasteiger charge is -2.29. The zero-order valence-electron chi connectivity index (χ0n) is 14.7. The van der Waals surface area contributed by atoms with Crippen molar-refractivity contribution in [2.75, 3.05) is 31.6 Å². The zero-order chi connectivity index (χ0) is 17.9. The van der Waals surface area contributed by atoms with Crippen LogP contribution in [0.1, 0.15) is 18.5 Å². The summed E-state index contributed by atoms with van der Waals surface area (Å²) in [6.45, 7) is 3.86. The van der Waals surface area contributed by atoms with Crippen LogP contribution in [0.25, 0.3) is 0 Å². The highest BCUT2D eigenvalue weighted by Gasteiger charge is 2.38. The average molecular weight is 344 g/mol. The predicted octanol–water partition coefficient (Wildman–Crippen LogP) is 0.471. The van der Waals surface area contributed by atoms with Crippen LogP contribution in [0.5, 0.6) is 0 Å². The van der Waals surface area contributed by atoms with Crippen LogP contribution in [0.3, 0.4) is 0 Å². The molecule has 1 aliphatic rings. The number of amides is 1. The van der Waals surface area contributed by atoms with E-state index in [4.69, 9.17) is 0 Å². The van der Waals surface area contributed by atoms with Crippen LogP contribution in [-0.2, 0) is 11.3 Å². The maximum Gasteiger partial charge on any atom is 0.225 e. The zero-order valence-corrected chi connectivity index (χ0v) is 14.7. The van der Waals surface area contributed by atoms with E-state index in [1.165, 1.54) is 0 Å². The number of carbonyl (C=O) groups is 1. The van der Waals surface area contributed by atoms with Crippen LogP contribution in [0.15, 0.2) is 30.7 Å². The second-order valence-electron chi connectivity index (χ2n) is 6.66. The molecule has 0 unspecified atom stereocenters. The average Bonchev–Trinajstić information content (AvgIpc) is 3.19. The van der Waals surface area contributed by atoms with Crippen molar-refractivity contribution < 1.29 is 9.90 Å². The Labute approximate surface area is 147 Å². The summed E-state index contributed by atoms with van der Waals surface area (Å²) in [5, 5.41) is 15.1. The first-order chi connectivity index (χ1) is 12.0. The molecule has 0 bridgehead atoms. The van der Waals surface area contributed by atoms with E-state index in [0.717, 1.165) is 5.69 Å². The van der Waals surface area contributed by atoms with Gasteiger partial charge in [-0.15, -0.1) is 0 Å². The highest BCUT2D eigenvalue weighted by molar-refractivity contribution is 5.75. The number of hydrogen-bond donors (Lipinski definition) is 1. The minimum atomic E-state index is -0.939. The molecule has 0 saturated carbocycles. The molecule has 1 fully saturated rings. The fraction of sp³-hybridized carbons (Fsp3) is 0.529. The molecule has 3 heterocycles. The third kappa shape index (κ3) is 4.33. The van der Waals surface area contributed by atoms with Crippen LogP contribution in [-0.4, -0.2) is 67.9 Å². The number of likely N-dealkylation sites (N-methyl/N-ethyl adjacent to an activating group) is 1. The topological polar surface area (TPSA) is 87.4 Å². The van der Waals surface area contributed by atoms with E-state index in [2.05, 4.69) is 15.1 Å². The maximum absolute atomic E-state index is 12.3. The van der Waals surface area contributed by atoms with E-state index in [1.807, 2.05) is 24.1 Å². The largest absolute Gasteiger partial charge is 0.386 e. The van der Waals surface area contributed by atoms with E-state index in [0.29, 0.717) is 45.0 Å². The minimum Gasteiger partial charge on any atom is -0.386 e. The molecule has 0 spiro atoms. The van der Waals surface area contributed by atoms with E-state index in [-0.39, 0.29) is 5.91 Å². The highest BCUT2D eigenvalue weighted by Crippen LogP contribution is 2.25. The number of nitrogens with zero attached hydrogens (tertiary/aromatic N) is 6. The normalized spacial score (nSPS) is 20.0. The van der Waals surface area contributed by atoms with Gasteiger partial charge in [-0.2, -0.15) is 5.10 Å². The predicted molar refractivity (Wildman–Crippen MR) is 93.0 cm³/mol. The van der Waals surface area contributed by atoms with Crippen LogP contribution in [0.4, 0.5) is 5.95 Å². The molecular weight excluding hydrogens is 320 g/mol. The van der Waals surface area contributed by atoms with Crippen molar-refractivity contribution in [2.45, 2.75) is 31.9 Å². The molecule has 0 aliphatic carbocycles. The van der Waals surface area contributed by atoms with Gasteiger partial charge in [0.15, 0.2) is 0 Å². The smallest absolute Gasteiger partial charge is 0.225 e. The highest BCUT2D eigenvalue weighted by atomic mass is 16.3. The molecule has 134 valence electrons. The van der Waals surface area contributed by atoms with Gasteiger partial charge in [-0.1, -0.05) is 0 Å². The van der Waals surface area contributed by atoms with Gasteiger partial charge < -0.3 is 14.9 Å². The molecule has 1 amide bonds. The van der Waals surface area contributed by atoms with Crippen LogP contribution in [0.2, 0.25) is 0 Å². The lowest BCUT2D eigenvalue weighted by Crippen LogP contribution is -2.46. The Morgan fingerprint density at radius 2 is 2.16 bits per heavy atom. The summed E-state index contributed by atoms with van der Waals surface area (Å²) in [6.07, 6.45) is 6.18. The number of anilines is 1. The van der Waals surface area contributed by atoms with Crippen molar-refractivity contribution in [3.8, 4) is 0 Å². The Kier molecular flexibility index (Phi) is 4.98. The van der Waals surface area contributed by atoms with E-state index in [9.17, 15) is 9.90 Å². The van der Waals surface area contributed by atoms with Gasteiger partial charge >= 0.3 is 0 Å². The first kappa shape index (κ1) is 17.3. The number of β-amino-alcohol motifs (C(OH)–C–C–N with tert-alkyl or cyclic N) is 1. The molecular formula is C17H24N6O2. The summed E-state index contributed by atoms with van der Waals surface area (Å²) in [5.41, 5.74) is -0.00406. The summed E-state index contributed by atoms with van der Waals surface area (Å²) in [4.78, 5) is 24.3. The maximum atomic E-state index is 12.3. The molecule has 8 heteroatoms. The van der Waals surface area contributed by atoms with Crippen molar-refractivity contribution in [3.05, 3.63) is 36.4 Å². The molecule has 3 rings (SSSR count). The van der Waals surface area contributed by atoms with Gasteiger partial charge in [0.2, 0.25) is 11.9 Å². The molecule has 0 aromatic carbocycles. The number of aromatic nitrogens is 4.